The predicted molar refractivity (Wildman–Crippen MR) is 89.1 cm³/mol. The van der Waals surface area contributed by atoms with Gasteiger partial charge in [-0.15, -0.1) is 6.58 Å². The summed E-state index contributed by atoms with van der Waals surface area (Å²) in [6.45, 7) is 11.7. The lowest BCUT2D eigenvalue weighted by Crippen LogP contribution is -2.51. The summed E-state index contributed by atoms with van der Waals surface area (Å²) in [4.78, 5) is 26.8. The molecule has 1 aromatic carbocycles. The lowest BCUT2D eigenvalue weighted by molar-refractivity contribution is -0.150. The second-order valence-corrected chi connectivity index (χ2v) is 6.14. The van der Waals surface area contributed by atoms with Gasteiger partial charge < -0.3 is 10.2 Å². The van der Waals surface area contributed by atoms with E-state index in [0.717, 1.165) is 5.56 Å². The van der Waals surface area contributed by atoms with Crippen LogP contribution in [0, 0.1) is 5.41 Å². The number of amides is 2. The Balaban J connectivity index is 2.92. The Hall–Kier alpha value is -2.10. The first-order valence-corrected chi connectivity index (χ1v) is 7.55. The van der Waals surface area contributed by atoms with Gasteiger partial charge in [-0.1, -0.05) is 36.4 Å². The summed E-state index contributed by atoms with van der Waals surface area (Å²) in [6.07, 6.45) is 1.60. The van der Waals surface area contributed by atoms with Gasteiger partial charge in [-0.05, 0) is 33.3 Å². The highest BCUT2D eigenvalue weighted by Crippen LogP contribution is 2.22. The maximum Gasteiger partial charge on any atom is 0.238 e. The van der Waals surface area contributed by atoms with Crippen LogP contribution in [-0.4, -0.2) is 29.3 Å². The minimum Gasteiger partial charge on any atom is -0.352 e. The number of carbonyl (C=O) groups excluding carboxylic acids is 2. The smallest absolute Gasteiger partial charge is 0.238 e. The Morgan fingerprint density at radius 3 is 2.36 bits per heavy atom. The van der Waals surface area contributed by atoms with Crippen LogP contribution in [0.2, 0.25) is 0 Å². The van der Waals surface area contributed by atoms with E-state index in [0.29, 0.717) is 13.1 Å². The molecule has 1 rings (SSSR count). The van der Waals surface area contributed by atoms with Crippen molar-refractivity contribution >= 4 is 11.8 Å². The normalized spacial score (nSPS) is 11.1. The maximum atomic E-state index is 12.9. The minimum atomic E-state index is -1.11. The molecule has 120 valence electrons. The van der Waals surface area contributed by atoms with Crippen LogP contribution in [0.25, 0.3) is 0 Å². The molecule has 0 aliphatic carbocycles. The average molecular weight is 302 g/mol. The standard InChI is InChI=1S/C18H26N2O2/c1-6-12-19-16(21)18(4,5)17(22)20(14(2)3)13-15-10-8-7-9-11-15/h6-11,14H,1,12-13H2,2-5H3,(H,19,21). The summed E-state index contributed by atoms with van der Waals surface area (Å²) < 4.78 is 0. The zero-order chi connectivity index (χ0) is 16.8. The van der Waals surface area contributed by atoms with Crippen LogP contribution in [0.1, 0.15) is 33.3 Å². The SMILES string of the molecule is C=CCNC(=O)C(C)(C)C(=O)N(Cc1ccccc1)C(C)C. The quantitative estimate of drug-likeness (QED) is 0.622. The Morgan fingerprint density at radius 2 is 1.86 bits per heavy atom. The van der Waals surface area contributed by atoms with E-state index < -0.39 is 5.41 Å². The Kier molecular flexibility index (Phi) is 6.35. The van der Waals surface area contributed by atoms with Gasteiger partial charge in [0.15, 0.2) is 0 Å². The van der Waals surface area contributed by atoms with Gasteiger partial charge in [0.25, 0.3) is 0 Å². The van der Waals surface area contributed by atoms with Gasteiger partial charge in [0.2, 0.25) is 11.8 Å². The van der Waals surface area contributed by atoms with Crippen molar-refractivity contribution in [2.45, 2.75) is 40.3 Å². The molecule has 1 aromatic rings. The number of hydrogen-bond donors (Lipinski definition) is 1. The summed E-state index contributed by atoms with van der Waals surface area (Å²) in [5.74, 6) is -0.455. The van der Waals surface area contributed by atoms with Gasteiger partial charge in [-0.25, -0.2) is 0 Å². The Morgan fingerprint density at radius 1 is 1.27 bits per heavy atom. The first-order valence-electron chi connectivity index (χ1n) is 7.55. The maximum absolute atomic E-state index is 12.9. The van der Waals surface area contributed by atoms with Crippen LogP contribution >= 0.6 is 0 Å². The molecule has 2 amide bonds. The Labute approximate surface area is 133 Å². The number of nitrogens with one attached hydrogen (secondary N) is 1. The number of carbonyl (C=O) groups is 2. The van der Waals surface area contributed by atoms with Crippen LogP contribution in [0.3, 0.4) is 0 Å². The van der Waals surface area contributed by atoms with Crippen molar-refractivity contribution in [1.82, 2.24) is 10.2 Å². The van der Waals surface area contributed by atoms with Crippen molar-refractivity contribution in [3.05, 3.63) is 48.6 Å². The van der Waals surface area contributed by atoms with Crippen molar-refractivity contribution in [3.8, 4) is 0 Å². The second-order valence-electron chi connectivity index (χ2n) is 6.14. The highest BCUT2D eigenvalue weighted by Gasteiger charge is 2.39. The Bertz CT molecular complexity index is 521. The summed E-state index contributed by atoms with van der Waals surface area (Å²) in [7, 11) is 0. The summed E-state index contributed by atoms with van der Waals surface area (Å²) >= 11 is 0. The third kappa shape index (κ3) is 4.45. The second kappa shape index (κ2) is 7.78. The fraction of sp³-hybridized carbons (Fsp3) is 0.444. The molecule has 0 radical (unpaired) electrons. The monoisotopic (exact) mass is 302 g/mol. The summed E-state index contributed by atoms with van der Waals surface area (Å²) in [6, 6.07) is 9.80. The molecule has 1 N–H and O–H groups in total. The van der Waals surface area contributed by atoms with Gasteiger partial charge >= 0.3 is 0 Å². The molecule has 4 heteroatoms. The van der Waals surface area contributed by atoms with Gasteiger partial charge in [-0.2, -0.15) is 0 Å². The van der Waals surface area contributed by atoms with Crippen LogP contribution < -0.4 is 5.32 Å². The van der Waals surface area contributed by atoms with Crippen LogP contribution in [0.15, 0.2) is 43.0 Å². The van der Waals surface area contributed by atoms with E-state index in [-0.39, 0.29) is 17.9 Å². The van der Waals surface area contributed by atoms with Crippen molar-refractivity contribution < 1.29 is 9.59 Å². The van der Waals surface area contributed by atoms with E-state index in [1.54, 1.807) is 24.8 Å². The number of hydrogen-bond acceptors (Lipinski definition) is 2. The van der Waals surface area contributed by atoms with E-state index in [2.05, 4.69) is 11.9 Å². The molecular formula is C18H26N2O2. The largest absolute Gasteiger partial charge is 0.352 e. The fourth-order valence-electron chi connectivity index (χ4n) is 2.11. The van der Waals surface area contributed by atoms with Crippen LogP contribution in [-0.2, 0) is 16.1 Å². The fourth-order valence-corrected chi connectivity index (χ4v) is 2.11. The number of nitrogens with zero attached hydrogens (tertiary/aromatic N) is 1. The van der Waals surface area contributed by atoms with E-state index in [1.807, 2.05) is 44.2 Å². The predicted octanol–water partition coefficient (Wildman–Crippen LogP) is 2.75. The van der Waals surface area contributed by atoms with E-state index in [9.17, 15) is 9.59 Å². The first-order chi connectivity index (χ1) is 10.3. The molecule has 0 aliphatic heterocycles. The molecule has 0 aliphatic rings. The van der Waals surface area contributed by atoms with E-state index in [1.165, 1.54) is 0 Å². The third-order valence-electron chi connectivity index (χ3n) is 3.59. The van der Waals surface area contributed by atoms with Gasteiger partial charge in [-0.3, -0.25) is 9.59 Å². The zero-order valence-corrected chi connectivity index (χ0v) is 13.9. The molecule has 0 saturated carbocycles. The average Bonchev–Trinajstić information content (AvgIpc) is 2.50. The van der Waals surface area contributed by atoms with Gasteiger partial charge in [0, 0.05) is 19.1 Å². The first kappa shape index (κ1) is 18.0. The molecule has 22 heavy (non-hydrogen) atoms. The molecular weight excluding hydrogens is 276 g/mol. The highest BCUT2D eigenvalue weighted by atomic mass is 16.2. The third-order valence-corrected chi connectivity index (χ3v) is 3.59. The zero-order valence-electron chi connectivity index (χ0n) is 13.9. The van der Waals surface area contributed by atoms with Gasteiger partial charge in [0.1, 0.15) is 5.41 Å². The van der Waals surface area contributed by atoms with Crippen LogP contribution in [0.5, 0.6) is 0 Å². The molecule has 4 nitrogen and oxygen atoms in total. The van der Waals surface area contributed by atoms with E-state index in [4.69, 9.17) is 0 Å². The minimum absolute atomic E-state index is 0.0131. The van der Waals surface area contributed by atoms with Crippen LogP contribution in [0.4, 0.5) is 0 Å². The molecule has 0 fully saturated rings. The van der Waals surface area contributed by atoms with Crippen molar-refractivity contribution in [3.63, 3.8) is 0 Å². The molecule has 0 aromatic heterocycles. The lowest BCUT2D eigenvalue weighted by atomic mass is 9.89. The van der Waals surface area contributed by atoms with Crippen molar-refractivity contribution in [2.75, 3.05) is 6.54 Å². The topological polar surface area (TPSA) is 49.4 Å². The number of rotatable bonds is 7. The molecule has 0 unspecified atom stereocenters. The van der Waals surface area contributed by atoms with Crippen molar-refractivity contribution in [1.29, 1.82) is 0 Å². The number of benzene rings is 1. The highest BCUT2D eigenvalue weighted by molar-refractivity contribution is 6.04. The molecule has 0 heterocycles. The molecule has 0 spiro atoms. The summed E-state index contributed by atoms with van der Waals surface area (Å²) in [5, 5.41) is 2.71. The molecule has 0 atom stereocenters. The summed E-state index contributed by atoms with van der Waals surface area (Å²) in [5.41, 5.74) is -0.0611. The molecule has 0 bridgehead atoms. The van der Waals surface area contributed by atoms with Crippen molar-refractivity contribution in [2.24, 2.45) is 5.41 Å². The lowest BCUT2D eigenvalue weighted by Gasteiger charge is -2.34. The van der Waals surface area contributed by atoms with E-state index >= 15 is 0 Å². The van der Waals surface area contributed by atoms with Gasteiger partial charge in [0.05, 0.1) is 0 Å². The molecule has 0 saturated heterocycles.